The van der Waals surface area contributed by atoms with Gasteiger partial charge in [-0.25, -0.2) is 0 Å². The maximum atomic E-state index is 8.64. The van der Waals surface area contributed by atoms with E-state index in [-0.39, 0.29) is 5.84 Å². The van der Waals surface area contributed by atoms with Crippen molar-refractivity contribution in [3.05, 3.63) is 29.3 Å². The Morgan fingerprint density at radius 1 is 1.53 bits per heavy atom. The van der Waals surface area contributed by atoms with E-state index < -0.39 is 0 Å². The summed E-state index contributed by atoms with van der Waals surface area (Å²) in [5, 5.41) is 11.6. The van der Waals surface area contributed by atoms with Crippen LogP contribution < -0.4 is 10.6 Å². The fourth-order valence-corrected chi connectivity index (χ4v) is 1.58. The number of anilines is 1. The van der Waals surface area contributed by atoms with E-state index in [1.54, 1.807) is 7.11 Å². The highest BCUT2D eigenvalue weighted by atomic mass is 16.5. The second-order valence-corrected chi connectivity index (χ2v) is 3.90. The molecule has 0 saturated carbocycles. The molecule has 0 aliphatic carbocycles. The Balaban J connectivity index is 2.88. The van der Waals surface area contributed by atoms with Crippen LogP contribution in [0.2, 0.25) is 0 Å². The molecule has 0 heterocycles. The minimum Gasteiger partial charge on any atom is -0.409 e. The van der Waals surface area contributed by atoms with E-state index in [1.807, 2.05) is 32.2 Å². The van der Waals surface area contributed by atoms with Gasteiger partial charge >= 0.3 is 0 Å². The topological polar surface area (TPSA) is 71.1 Å². The van der Waals surface area contributed by atoms with Crippen LogP contribution in [0, 0.1) is 6.92 Å². The molecule has 0 bridgehead atoms. The van der Waals surface area contributed by atoms with Crippen molar-refractivity contribution in [3.63, 3.8) is 0 Å². The number of oxime groups is 1. The number of hydrogen-bond acceptors (Lipinski definition) is 4. The van der Waals surface area contributed by atoms with Crippen LogP contribution in [0.25, 0.3) is 0 Å². The maximum absolute atomic E-state index is 8.64. The van der Waals surface area contributed by atoms with Crippen LogP contribution in [0.5, 0.6) is 0 Å². The number of ether oxygens (including phenoxy) is 1. The minimum atomic E-state index is 0.133. The van der Waals surface area contributed by atoms with Crippen LogP contribution in [0.4, 0.5) is 5.69 Å². The number of rotatable bonds is 5. The molecular formula is C12H19N3O2. The maximum Gasteiger partial charge on any atom is 0.170 e. The molecule has 1 rings (SSSR count). The first-order valence-electron chi connectivity index (χ1n) is 5.38. The molecular weight excluding hydrogens is 218 g/mol. The number of nitrogens with zero attached hydrogens (tertiary/aromatic N) is 2. The summed E-state index contributed by atoms with van der Waals surface area (Å²) in [5.41, 5.74) is 8.37. The third-order valence-corrected chi connectivity index (χ3v) is 2.67. The second-order valence-electron chi connectivity index (χ2n) is 3.90. The van der Waals surface area contributed by atoms with Gasteiger partial charge in [0.25, 0.3) is 0 Å². The Labute approximate surface area is 101 Å². The summed E-state index contributed by atoms with van der Waals surface area (Å²) in [4.78, 5) is 2.09. The molecule has 1 aromatic rings. The molecule has 94 valence electrons. The van der Waals surface area contributed by atoms with Crippen molar-refractivity contribution in [3.8, 4) is 0 Å². The van der Waals surface area contributed by atoms with E-state index in [2.05, 4.69) is 10.1 Å². The molecule has 17 heavy (non-hydrogen) atoms. The van der Waals surface area contributed by atoms with Crippen LogP contribution in [0.15, 0.2) is 23.4 Å². The van der Waals surface area contributed by atoms with Crippen molar-refractivity contribution in [2.75, 3.05) is 32.2 Å². The molecule has 3 N–H and O–H groups in total. The van der Waals surface area contributed by atoms with Crippen molar-refractivity contribution in [2.45, 2.75) is 6.92 Å². The lowest BCUT2D eigenvalue weighted by Crippen LogP contribution is -2.22. The quantitative estimate of drug-likeness (QED) is 0.349. The van der Waals surface area contributed by atoms with Gasteiger partial charge in [-0.05, 0) is 30.7 Å². The number of amidine groups is 1. The third kappa shape index (κ3) is 3.35. The van der Waals surface area contributed by atoms with Crippen LogP contribution in [0.3, 0.4) is 0 Å². The number of aryl methyl sites for hydroxylation is 1. The van der Waals surface area contributed by atoms with Crippen LogP contribution >= 0.6 is 0 Å². The van der Waals surface area contributed by atoms with Crippen molar-refractivity contribution >= 4 is 11.5 Å². The van der Waals surface area contributed by atoms with Crippen LogP contribution in [-0.2, 0) is 4.74 Å². The molecule has 5 nitrogen and oxygen atoms in total. The van der Waals surface area contributed by atoms with E-state index in [1.165, 1.54) is 0 Å². The number of hydrogen-bond donors (Lipinski definition) is 2. The SMILES string of the molecule is COCCN(C)c1ccc(/C(N)=N/O)c(C)c1. The highest BCUT2D eigenvalue weighted by Crippen LogP contribution is 2.18. The fourth-order valence-electron chi connectivity index (χ4n) is 1.58. The number of likely N-dealkylation sites (N-methyl/N-ethyl adjacent to an activating group) is 1. The molecule has 0 unspecified atom stereocenters. The molecule has 0 amide bonds. The molecule has 0 aromatic heterocycles. The number of benzene rings is 1. The van der Waals surface area contributed by atoms with E-state index in [4.69, 9.17) is 15.7 Å². The van der Waals surface area contributed by atoms with Gasteiger partial charge in [0, 0.05) is 32.0 Å². The largest absolute Gasteiger partial charge is 0.409 e. The Kier molecular flexibility index (Phi) is 4.78. The minimum absolute atomic E-state index is 0.133. The molecule has 5 heteroatoms. The molecule has 0 atom stereocenters. The lowest BCUT2D eigenvalue weighted by atomic mass is 10.1. The van der Waals surface area contributed by atoms with Gasteiger partial charge in [0.15, 0.2) is 5.84 Å². The van der Waals surface area contributed by atoms with Crippen LogP contribution in [-0.4, -0.2) is 38.4 Å². The van der Waals surface area contributed by atoms with E-state index in [0.29, 0.717) is 6.61 Å². The summed E-state index contributed by atoms with van der Waals surface area (Å²) < 4.78 is 5.03. The molecule has 0 fully saturated rings. The highest BCUT2D eigenvalue weighted by molar-refractivity contribution is 5.98. The van der Waals surface area contributed by atoms with Gasteiger partial charge in [0.1, 0.15) is 0 Å². The molecule has 0 spiro atoms. The average Bonchev–Trinajstić information content (AvgIpc) is 2.34. The smallest absolute Gasteiger partial charge is 0.170 e. The number of methoxy groups -OCH3 is 1. The normalized spacial score (nSPS) is 11.6. The highest BCUT2D eigenvalue weighted by Gasteiger charge is 2.06. The zero-order chi connectivity index (χ0) is 12.8. The van der Waals surface area contributed by atoms with E-state index in [9.17, 15) is 0 Å². The lowest BCUT2D eigenvalue weighted by Gasteiger charge is -2.20. The van der Waals surface area contributed by atoms with Gasteiger partial charge < -0.3 is 20.6 Å². The van der Waals surface area contributed by atoms with Gasteiger partial charge in [-0.2, -0.15) is 0 Å². The molecule has 0 aliphatic heterocycles. The van der Waals surface area contributed by atoms with Crippen molar-refractivity contribution in [2.24, 2.45) is 10.9 Å². The van der Waals surface area contributed by atoms with Crippen molar-refractivity contribution < 1.29 is 9.94 Å². The Morgan fingerprint density at radius 2 is 2.24 bits per heavy atom. The average molecular weight is 237 g/mol. The Hall–Kier alpha value is -1.75. The molecule has 1 aromatic carbocycles. The van der Waals surface area contributed by atoms with E-state index in [0.717, 1.165) is 23.4 Å². The standard InChI is InChI=1S/C12H19N3O2/c1-9-8-10(15(2)6-7-17-3)4-5-11(9)12(13)14-16/h4-5,8,16H,6-7H2,1-3H3,(H2,13,14). The Morgan fingerprint density at radius 3 is 2.76 bits per heavy atom. The summed E-state index contributed by atoms with van der Waals surface area (Å²) in [6, 6.07) is 5.79. The van der Waals surface area contributed by atoms with Gasteiger partial charge in [-0.3, -0.25) is 0 Å². The second kappa shape index (κ2) is 6.10. The predicted molar refractivity (Wildman–Crippen MR) is 68.8 cm³/mol. The van der Waals surface area contributed by atoms with Gasteiger partial charge in [0.05, 0.1) is 6.61 Å². The lowest BCUT2D eigenvalue weighted by molar-refractivity contribution is 0.206. The van der Waals surface area contributed by atoms with Gasteiger partial charge in [-0.1, -0.05) is 5.16 Å². The fraction of sp³-hybridized carbons (Fsp3) is 0.417. The first-order valence-corrected chi connectivity index (χ1v) is 5.38. The zero-order valence-corrected chi connectivity index (χ0v) is 10.5. The zero-order valence-electron chi connectivity index (χ0n) is 10.5. The Bertz CT molecular complexity index is 405. The summed E-state index contributed by atoms with van der Waals surface area (Å²) in [5.74, 6) is 0.133. The first-order chi connectivity index (χ1) is 8.10. The summed E-state index contributed by atoms with van der Waals surface area (Å²) in [6.45, 7) is 3.43. The van der Waals surface area contributed by atoms with Gasteiger partial charge in [-0.15, -0.1) is 0 Å². The van der Waals surface area contributed by atoms with Crippen LogP contribution in [0.1, 0.15) is 11.1 Å². The number of nitrogens with two attached hydrogens (primary N) is 1. The summed E-state index contributed by atoms with van der Waals surface area (Å²) in [6.07, 6.45) is 0. The molecule has 0 saturated heterocycles. The molecule has 0 aliphatic rings. The predicted octanol–water partition coefficient (Wildman–Crippen LogP) is 1.17. The third-order valence-electron chi connectivity index (χ3n) is 2.67. The van der Waals surface area contributed by atoms with Crippen molar-refractivity contribution in [1.29, 1.82) is 0 Å². The van der Waals surface area contributed by atoms with Crippen molar-refractivity contribution in [1.82, 2.24) is 0 Å². The van der Waals surface area contributed by atoms with Gasteiger partial charge in [0.2, 0.25) is 0 Å². The summed E-state index contributed by atoms with van der Waals surface area (Å²) in [7, 11) is 3.68. The molecule has 0 radical (unpaired) electrons. The summed E-state index contributed by atoms with van der Waals surface area (Å²) >= 11 is 0. The van der Waals surface area contributed by atoms with E-state index >= 15 is 0 Å². The monoisotopic (exact) mass is 237 g/mol. The first kappa shape index (κ1) is 13.3.